The van der Waals surface area contributed by atoms with E-state index in [9.17, 15) is 0 Å². The number of aromatic nitrogens is 2. The number of anilines is 1. The minimum absolute atomic E-state index is 0.111. The highest BCUT2D eigenvalue weighted by molar-refractivity contribution is 7.15. The van der Waals surface area contributed by atoms with E-state index in [1.807, 2.05) is 0 Å². The first-order chi connectivity index (χ1) is 11.7. The summed E-state index contributed by atoms with van der Waals surface area (Å²) in [5.74, 6) is 0. The SMILES string of the molecule is Cc1ccccc1N1C(C)c2nc3sccn3c2C12CCCCC2. The summed E-state index contributed by atoms with van der Waals surface area (Å²) in [7, 11) is 0. The Balaban J connectivity index is 1.78. The monoisotopic (exact) mass is 337 g/mol. The molecule has 1 aliphatic heterocycles. The molecule has 0 saturated heterocycles. The average molecular weight is 337 g/mol. The van der Waals surface area contributed by atoms with E-state index in [-0.39, 0.29) is 5.54 Å². The largest absolute Gasteiger partial charge is 0.352 e. The Morgan fingerprint density at radius 2 is 1.96 bits per heavy atom. The maximum atomic E-state index is 5.03. The number of para-hydroxylation sites is 1. The van der Waals surface area contributed by atoms with E-state index >= 15 is 0 Å². The fraction of sp³-hybridized carbons (Fsp3) is 0.450. The normalized spacial score (nSPS) is 22.4. The highest BCUT2D eigenvalue weighted by Gasteiger charge is 2.52. The number of nitrogens with zero attached hydrogens (tertiary/aromatic N) is 3. The van der Waals surface area contributed by atoms with Crippen LogP contribution in [0, 0.1) is 6.92 Å². The smallest absolute Gasteiger partial charge is 0.194 e. The molecule has 0 bridgehead atoms. The first-order valence-electron chi connectivity index (χ1n) is 9.03. The molecule has 4 heteroatoms. The number of hydrogen-bond acceptors (Lipinski definition) is 3. The molecule has 3 aromatic rings. The van der Waals surface area contributed by atoms with Gasteiger partial charge < -0.3 is 4.90 Å². The molecule has 1 saturated carbocycles. The van der Waals surface area contributed by atoms with Crippen LogP contribution in [-0.4, -0.2) is 9.38 Å². The Bertz CT molecular complexity index is 901. The van der Waals surface area contributed by atoms with Gasteiger partial charge in [-0.3, -0.25) is 4.40 Å². The van der Waals surface area contributed by atoms with Gasteiger partial charge in [-0.2, -0.15) is 0 Å². The van der Waals surface area contributed by atoms with Gasteiger partial charge in [0.05, 0.1) is 23.0 Å². The van der Waals surface area contributed by atoms with Gasteiger partial charge in [0, 0.05) is 17.3 Å². The average Bonchev–Trinajstić information content (AvgIpc) is 3.22. The minimum atomic E-state index is 0.111. The molecule has 1 aromatic carbocycles. The van der Waals surface area contributed by atoms with Gasteiger partial charge in [0.1, 0.15) is 0 Å². The van der Waals surface area contributed by atoms with Crippen LogP contribution in [0.15, 0.2) is 35.8 Å². The summed E-state index contributed by atoms with van der Waals surface area (Å²) in [4.78, 5) is 8.88. The van der Waals surface area contributed by atoms with Crippen molar-refractivity contribution in [2.24, 2.45) is 0 Å². The second-order valence-corrected chi connectivity index (χ2v) is 8.20. The van der Waals surface area contributed by atoms with Gasteiger partial charge >= 0.3 is 0 Å². The van der Waals surface area contributed by atoms with E-state index in [1.165, 1.54) is 54.7 Å². The number of hydrogen-bond donors (Lipinski definition) is 0. The summed E-state index contributed by atoms with van der Waals surface area (Å²) in [6.07, 6.45) is 8.68. The Labute approximate surface area is 146 Å². The van der Waals surface area contributed by atoms with Gasteiger partial charge in [0.15, 0.2) is 4.96 Å². The highest BCUT2D eigenvalue weighted by atomic mass is 32.1. The van der Waals surface area contributed by atoms with Crippen molar-refractivity contribution in [3.05, 3.63) is 52.8 Å². The van der Waals surface area contributed by atoms with Gasteiger partial charge in [0.25, 0.3) is 0 Å². The molecule has 2 aliphatic rings. The van der Waals surface area contributed by atoms with Gasteiger partial charge in [0.2, 0.25) is 0 Å². The molecule has 0 radical (unpaired) electrons. The molecule has 1 aliphatic carbocycles. The summed E-state index contributed by atoms with van der Waals surface area (Å²) in [5, 5.41) is 2.17. The van der Waals surface area contributed by atoms with Crippen LogP contribution in [0.1, 0.15) is 62.0 Å². The molecule has 0 N–H and O–H groups in total. The third kappa shape index (κ3) is 1.75. The Hall–Kier alpha value is -1.81. The van der Waals surface area contributed by atoms with E-state index in [4.69, 9.17) is 4.98 Å². The second kappa shape index (κ2) is 5.09. The van der Waals surface area contributed by atoms with Crippen LogP contribution in [0.5, 0.6) is 0 Å². The van der Waals surface area contributed by atoms with Gasteiger partial charge in [-0.1, -0.05) is 37.5 Å². The van der Waals surface area contributed by atoms with Crippen LogP contribution < -0.4 is 4.90 Å². The van der Waals surface area contributed by atoms with Gasteiger partial charge in [-0.25, -0.2) is 4.98 Å². The van der Waals surface area contributed by atoms with E-state index in [2.05, 4.69) is 59.0 Å². The van der Waals surface area contributed by atoms with Crippen LogP contribution in [0.4, 0.5) is 5.69 Å². The van der Waals surface area contributed by atoms with Crippen molar-refractivity contribution in [3.8, 4) is 0 Å². The molecular formula is C20H23N3S. The van der Waals surface area contributed by atoms with Crippen molar-refractivity contribution < 1.29 is 0 Å². The molecule has 1 unspecified atom stereocenters. The number of thiazole rings is 1. The number of imidazole rings is 1. The second-order valence-electron chi connectivity index (χ2n) is 7.33. The van der Waals surface area contributed by atoms with Gasteiger partial charge in [-0.05, 0) is 38.3 Å². The molecular weight excluding hydrogens is 314 g/mol. The molecule has 0 amide bonds. The Kier molecular flexibility index (Phi) is 3.08. The van der Waals surface area contributed by atoms with E-state index in [1.54, 1.807) is 11.3 Å². The predicted molar refractivity (Wildman–Crippen MR) is 99.9 cm³/mol. The van der Waals surface area contributed by atoms with Crippen LogP contribution in [0.25, 0.3) is 4.96 Å². The molecule has 2 aromatic heterocycles. The molecule has 24 heavy (non-hydrogen) atoms. The number of fused-ring (bicyclic) bond motifs is 4. The third-order valence-electron chi connectivity index (χ3n) is 6.03. The minimum Gasteiger partial charge on any atom is -0.352 e. The summed E-state index contributed by atoms with van der Waals surface area (Å²) in [6.45, 7) is 4.58. The van der Waals surface area contributed by atoms with Crippen molar-refractivity contribution in [2.45, 2.75) is 57.5 Å². The molecule has 1 atom stereocenters. The van der Waals surface area contributed by atoms with Crippen molar-refractivity contribution in [1.29, 1.82) is 0 Å². The van der Waals surface area contributed by atoms with Crippen molar-refractivity contribution in [3.63, 3.8) is 0 Å². The lowest BCUT2D eigenvalue weighted by Crippen LogP contribution is -2.45. The van der Waals surface area contributed by atoms with Crippen molar-refractivity contribution in [1.82, 2.24) is 9.38 Å². The maximum absolute atomic E-state index is 5.03. The van der Waals surface area contributed by atoms with Gasteiger partial charge in [-0.15, -0.1) is 11.3 Å². The third-order valence-corrected chi connectivity index (χ3v) is 6.79. The molecule has 1 spiro atoms. The Morgan fingerprint density at radius 1 is 1.17 bits per heavy atom. The van der Waals surface area contributed by atoms with E-state index < -0.39 is 0 Å². The predicted octanol–water partition coefficient (Wildman–Crippen LogP) is 5.44. The standard InChI is InChI=1S/C20H23N3S/c1-14-8-4-5-9-16(14)23-15(2)17-18(20(23)10-6-3-7-11-20)22-12-13-24-19(22)21-17/h4-5,8-9,12-13,15H,3,6-7,10-11H2,1-2H3. The molecule has 3 heterocycles. The van der Waals surface area contributed by atoms with Crippen LogP contribution in [0.2, 0.25) is 0 Å². The summed E-state index contributed by atoms with van der Waals surface area (Å²) in [5.41, 5.74) is 5.63. The van der Waals surface area contributed by atoms with E-state index in [0.29, 0.717) is 6.04 Å². The quantitative estimate of drug-likeness (QED) is 0.589. The van der Waals surface area contributed by atoms with Crippen molar-refractivity contribution >= 4 is 22.0 Å². The zero-order valence-corrected chi connectivity index (χ0v) is 15.1. The number of benzene rings is 1. The van der Waals surface area contributed by atoms with E-state index in [0.717, 1.165) is 4.96 Å². The fourth-order valence-electron chi connectivity index (χ4n) is 5.05. The summed E-state index contributed by atoms with van der Waals surface area (Å²) in [6, 6.07) is 9.19. The fourth-order valence-corrected chi connectivity index (χ4v) is 5.77. The zero-order chi connectivity index (χ0) is 16.3. The van der Waals surface area contributed by atoms with Crippen molar-refractivity contribution in [2.75, 3.05) is 4.90 Å². The maximum Gasteiger partial charge on any atom is 0.194 e. The summed E-state index contributed by atoms with van der Waals surface area (Å²) < 4.78 is 2.38. The number of aryl methyl sites for hydroxylation is 1. The lowest BCUT2D eigenvalue weighted by atomic mass is 9.79. The molecule has 124 valence electrons. The molecule has 1 fully saturated rings. The lowest BCUT2D eigenvalue weighted by molar-refractivity contribution is 0.276. The molecule has 3 nitrogen and oxygen atoms in total. The first kappa shape index (κ1) is 14.5. The Morgan fingerprint density at radius 3 is 2.75 bits per heavy atom. The molecule has 5 rings (SSSR count). The number of rotatable bonds is 1. The van der Waals surface area contributed by atoms with Crippen LogP contribution in [-0.2, 0) is 5.54 Å². The topological polar surface area (TPSA) is 20.5 Å². The van der Waals surface area contributed by atoms with Crippen LogP contribution >= 0.6 is 11.3 Å². The first-order valence-corrected chi connectivity index (χ1v) is 9.91. The highest BCUT2D eigenvalue weighted by Crippen LogP contribution is 2.55. The summed E-state index contributed by atoms with van der Waals surface area (Å²) >= 11 is 1.75. The zero-order valence-electron chi connectivity index (χ0n) is 14.3. The lowest BCUT2D eigenvalue weighted by Gasteiger charge is -2.45. The van der Waals surface area contributed by atoms with Crippen LogP contribution in [0.3, 0.4) is 0 Å².